The normalized spacial score (nSPS) is 17.3. The van der Waals surface area contributed by atoms with Crippen molar-refractivity contribution >= 4 is 23.2 Å². The van der Waals surface area contributed by atoms with Crippen molar-refractivity contribution in [1.29, 1.82) is 0 Å². The van der Waals surface area contributed by atoms with Crippen molar-refractivity contribution in [2.45, 2.75) is 60.3 Å². The Morgan fingerprint density at radius 3 is 1.57 bits per heavy atom. The zero-order valence-electron chi connectivity index (χ0n) is 24.5. The molecule has 0 spiro atoms. The number of nitrogens with one attached hydrogen (secondary N) is 2. The van der Waals surface area contributed by atoms with Gasteiger partial charge in [0.05, 0.1) is 0 Å². The highest BCUT2D eigenvalue weighted by Gasteiger charge is 2.50. The number of hydrogen-bond donors (Lipinski definition) is 2. The van der Waals surface area contributed by atoms with E-state index in [0.717, 1.165) is 45.6 Å². The molecule has 4 nitrogen and oxygen atoms in total. The van der Waals surface area contributed by atoms with E-state index in [4.69, 9.17) is 0 Å². The van der Waals surface area contributed by atoms with Gasteiger partial charge in [-0.25, -0.2) is 0 Å². The van der Waals surface area contributed by atoms with Gasteiger partial charge in [-0.05, 0) is 103 Å². The number of benzene rings is 4. The highest BCUT2D eigenvalue weighted by atomic mass is 16.2. The van der Waals surface area contributed by atoms with Crippen LogP contribution in [-0.4, -0.2) is 11.8 Å². The van der Waals surface area contributed by atoms with E-state index in [1.165, 1.54) is 11.1 Å². The fourth-order valence-electron chi connectivity index (χ4n) is 6.28. The van der Waals surface area contributed by atoms with E-state index in [0.29, 0.717) is 11.1 Å². The Labute approximate surface area is 237 Å². The van der Waals surface area contributed by atoms with Crippen LogP contribution in [-0.2, 0) is 11.8 Å². The third-order valence-corrected chi connectivity index (χ3v) is 9.06. The molecule has 1 atom stereocenters. The first kappa shape index (κ1) is 27.4. The summed E-state index contributed by atoms with van der Waals surface area (Å²) in [5.41, 5.74) is 10.5. The van der Waals surface area contributed by atoms with Crippen LogP contribution in [0.5, 0.6) is 0 Å². The third-order valence-electron chi connectivity index (χ3n) is 9.06. The summed E-state index contributed by atoms with van der Waals surface area (Å²) in [5.74, 6) is -0.203. The molecule has 1 aliphatic carbocycles. The lowest BCUT2D eigenvalue weighted by Crippen LogP contribution is -2.36. The predicted molar refractivity (Wildman–Crippen MR) is 165 cm³/mol. The van der Waals surface area contributed by atoms with E-state index in [1.807, 2.05) is 82.3 Å². The molecular formula is C36H38N2O2. The van der Waals surface area contributed by atoms with Gasteiger partial charge in [-0.2, -0.15) is 0 Å². The lowest BCUT2D eigenvalue weighted by molar-refractivity contribution is 0.101. The van der Waals surface area contributed by atoms with E-state index in [1.54, 1.807) is 0 Å². The summed E-state index contributed by atoms with van der Waals surface area (Å²) in [6.07, 6.45) is 0.859. The van der Waals surface area contributed by atoms with Gasteiger partial charge in [0.15, 0.2) is 0 Å². The number of aryl methyl sites for hydroxylation is 4. The summed E-state index contributed by atoms with van der Waals surface area (Å²) < 4.78 is 0. The lowest BCUT2D eigenvalue weighted by Gasteiger charge is -2.40. The maximum absolute atomic E-state index is 13.2. The molecule has 4 aromatic carbocycles. The van der Waals surface area contributed by atoms with Crippen LogP contribution in [0.15, 0.2) is 78.9 Å². The minimum absolute atomic E-state index is 0.0842. The van der Waals surface area contributed by atoms with Crippen molar-refractivity contribution in [2.75, 3.05) is 10.6 Å². The van der Waals surface area contributed by atoms with Crippen LogP contribution in [0.4, 0.5) is 11.4 Å². The molecule has 0 aromatic heterocycles. The van der Waals surface area contributed by atoms with Crippen LogP contribution in [0.25, 0.3) is 0 Å². The van der Waals surface area contributed by atoms with E-state index >= 15 is 0 Å². The molecule has 2 amide bonds. The molecule has 1 unspecified atom stereocenters. The smallest absolute Gasteiger partial charge is 0.255 e. The van der Waals surface area contributed by atoms with Crippen molar-refractivity contribution in [3.63, 3.8) is 0 Å². The average molecular weight is 531 g/mol. The summed E-state index contributed by atoms with van der Waals surface area (Å²) >= 11 is 0. The molecule has 0 saturated heterocycles. The van der Waals surface area contributed by atoms with Crippen LogP contribution in [0.1, 0.15) is 80.4 Å². The summed E-state index contributed by atoms with van der Waals surface area (Å²) in [6, 6.07) is 26.1. The number of amides is 2. The number of fused-ring (bicyclic) bond motifs is 1. The highest BCUT2D eigenvalue weighted by molar-refractivity contribution is 6.06. The van der Waals surface area contributed by atoms with Gasteiger partial charge in [-0.3, -0.25) is 9.59 Å². The van der Waals surface area contributed by atoms with Crippen molar-refractivity contribution in [3.8, 4) is 0 Å². The van der Waals surface area contributed by atoms with Crippen LogP contribution in [0.2, 0.25) is 0 Å². The van der Waals surface area contributed by atoms with Gasteiger partial charge in [0, 0.05) is 27.9 Å². The quantitative estimate of drug-likeness (QED) is 0.273. The Balaban J connectivity index is 1.42. The first-order valence-corrected chi connectivity index (χ1v) is 13.9. The van der Waals surface area contributed by atoms with Crippen LogP contribution in [0, 0.1) is 33.1 Å². The Morgan fingerprint density at radius 1 is 0.625 bits per heavy atom. The summed E-state index contributed by atoms with van der Waals surface area (Å²) in [7, 11) is 0. The SMILES string of the molecule is Cc1cccc(C)c1NC(=O)c1ccc(C2(C)c3ccc(C(=O)Nc4c(C)cccc4C)cc3CC2(C)C)cc1. The Kier molecular flexibility index (Phi) is 6.91. The second-order valence-corrected chi connectivity index (χ2v) is 12.1. The minimum atomic E-state index is -0.272. The third kappa shape index (κ3) is 4.62. The molecule has 0 saturated carbocycles. The van der Waals surface area contributed by atoms with Crippen LogP contribution < -0.4 is 10.6 Å². The first-order valence-electron chi connectivity index (χ1n) is 13.9. The molecule has 0 bridgehead atoms. The lowest BCUT2D eigenvalue weighted by atomic mass is 9.63. The van der Waals surface area contributed by atoms with Gasteiger partial charge < -0.3 is 10.6 Å². The number of carbonyl (C=O) groups is 2. The van der Waals surface area contributed by atoms with E-state index in [9.17, 15) is 9.59 Å². The Hall–Kier alpha value is -4.18. The molecule has 1 aliphatic rings. The summed E-state index contributed by atoms with van der Waals surface area (Å²) in [6.45, 7) is 14.9. The molecule has 0 aliphatic heterocycles. The van der Waals surface area contributed by atoms with Gasteiger partial charge in [-0.1, -0.05) is 75.4 Å². The van der Waals surface area contributed by atoms with Gasteiger partial charge in [-0.15, -0.1) is 0 Å². The molecular weight excluding hydrogens is 492 g/mol. The van der Waals surface area contributed by atoms with Crippen molar-refractivity contribution < 1.29 is 9.59 Å². The van der Waals surface area contributed by atoms with Gasteiger partial charge >= 0.3 is 0 Å². The molecule has 4 aromatic rings. The topological polar surface area (TPSA) is 58.2 Å². The monoisotopic (exact) mass is 530 g/mol. The summed E-state index contributed by atoms with van der Waals surface area (Å²) in [5, 5.41) is 6.21. The molecule has 0 heterocycles. The molecule has 4 heteroatoms. The fourth-order valence-corrected chi connectivity index (χ4v) is 6.28. The van der Waals surface area contributed by atoms with Crippen LogP contribution in [0.3, 0.4) is 0 Å². The fraction of sp³-hybridized carbons (Fsp3) is 0.278. The van der Waals surface area contributed by atoms with E-state index in [2.05, 4.69) is 55.7 Å². The molecule has 2 N–H and O–H groups in total. The van der Waals surface area contributed by atoms with Crippen molar-refractivity contribution in [1.82, 2.24) is 0 Å². The molecule has 5 rings (SSSR count). The zero-order chi connectivity index (χ0) is 28.8. The standard InChI is InChI=1S/C36H38N2O2/c1-22-10-8-11-23(2)31(22)37-33(39)26-14-17-29(18-15-26)36(7)30-19-16-27(20-28(30)21-35(36,5)6)34(40)38-32-24(3)12-9-13-25(32)4/h8-20H,21H2,1-7H3,(H,37,39)(H,38,40). The maximum Gasteiger partial charge on any atom is 0.255 e. The average Bonchev–Trinajstić information content (AvgIpc) is 3.13. The second-order valence-electron chi connectivity index (χ2n) is 12.1. The highest BCUT2D eigenvalue weighted by Crippen LogP contribution is 2.55. The number of hydrogen-bond acceptors (Lipinski definition) is 2. The number of carbonyl (C=O) groups excluding carboxylic acids is 2. The number of anilines is 2. The maximum atomic E-state index is 13.2. The van der Waals surface area contributed by atoms with E-state index < -0.39 is 0 Å². The second kappa shape index (κ2) is 10.1. The van der Waals surface area contributed by atoms with Gasteiger partial charge in [0.1, 0.15) is 0 Å². The largest absolute Gasteiger partial charge is 0.322 e. The summed E-state index contributed by atoms with van der Waals surface area (Å²) in [4.78, 5) is 26.3. The molecule has 0 radical (unpaired) electrons. The molecule has 0 fully saturated rings. The Bertz CT molecular complexity index is 1590. The zero-order valence-corrected chi connectivity index (χ0v) is 24.5. The molecule has 204 valence electrons. The van der Waals surface area contributed by atoms with Gasteiger partial charge in [0.2, 0.25) is 0 Å². The van der Waals surface area contributed by atoms with Crippen LogP contribution >= 0.6 is 0 Å². The minimum Gasteiger partial charge on any atom is -0.322 e. The van der Waals surface area contributed by atoms with Gasteiger partial charge in [0.25, 0.3) is 11.8 Å². The predicted octanol–water partition coefficient (Wildman–Crippen LogP) is 8.31. The molecule has 40 heavy (non-hydrogen) atoms. The first-order chi connectivity index (χ1) is 18.9. The van der Waals surface area contributed by atoms with Crippen molar-refractivity contribution in [2.24, 2.45) is 5.41 Å². The number of para-hydroxylation sites is 2. The van der Waals surface area contributed by atoms with Crippen molar-refractivity contribution in [3.05, 3.63) is 129 Å². The number of rotatable bonds is 5. The van der Waals surface area contributed by atoms with E-state index in [-0.39, 0.29) is 22.6 Å². The Morgan fingerprint density at radius 2 is 1.07 bits per heavy atom.